The average Bonchev–Trinajstić information content (AvgIpc) is 3.14. The predicted octanol–water partition coefficient (Wildman–Crippen LogP) is 1.85. The fourth-order valence-electron chi connectivity index (χ4n) is 3.24. The third-order valence-corrected chi connectivity index (χ3v) is 4.59. The fourth-order valence-corrected chi connectivity index (χ4v) is 3.24. The lowest BCUT2D eigenvalue weighted by molar-refractivity contribution is 0.475. The summed E-state index contributed by atoms with van der Waals surface area (Å²) in [6, 6.07) is 6.97. The molecule has 0 spiro atoms. The van der Waals surface area contributed by atoms with Crippen molar-refractivity contribution in [2.45, 2.75) is 26.3 Å². The van der Waals surface area contributed by atoms with Crippen LogP contribution in [0.15, 0.2) is 40.1 Å². The molecule has 134 valence electrons. The van der Waals surface area contributed by atoms with Crippen LogP contribution in [0.3, 0.4) is 0 Å². The van der Waals surface area contributed by atoms with Crippen LogP contribution in [0, 0.1) is 0 Å². The Morgan fingerprint density at radius 3 is 2.81 bits per heavy atom. The van der Waals surface area contributed by atoms with Gasteiger partial charge in [0, 0.05) is 25.4 Å². The molecule has 4 aromatic rings. The molecule has 3 heterocycles. The maximum absolute atomic E-state index is 12.4. The molecule has 0 atom stereocenters. The van der Waals surface area contributed by atoms with Crippen LogP contribution < -0.4 is 11.2 Å². The Morgan fingerprint density at radius 1 is 1.27 bits per heavy atom. The topological polar surface area (TPSA) is 97.3 Å². The molecule has 0 aliphatic rings. The zero-order chi connectivity index (χ0) is 18.4. The highest BCUT2D eigenvalue weighted by atomic mass is 16.3. The highest BCUT2D eigenvalue weighted by Gasteiger charge is 2.19. The molecule has 0 amide bonds. The molecule has 0 saturated carbocycles. The SMILES string of the molecule is CCCCn1c(-c2cccc(O)c2)cn2c3c(=O)[nH]c(=O)n(C)c3nc12. The van der Waals surface area contributed by atoms with E-state index >= 15 is 0 Å². The van der Waals surface area contributed by atoms with Gasteiger partial charge in [0.2, 0.25) is 5.78 Å². The average molecular weight is 353 g/mol. The van der Waals surface area contributed by atoms with Gasteiger partial charge in [0.15, 0.2) is 11.2 Å². The van der Waals surface area contributed by atoms with Crippen LogP contribution in [0.1, 0.15) is 19.8 Å². The number of H-pyrrole nitrogens is 1. The summed E-state index contributed by atoms with van der Waals surface area (Å²) in [4.78, 5) is 31.1. The van der Waals surface area contributed by atoms with Gasteiger partial charge in [-0.1, -0.05) is 25.5 Å². The van der Waals surface area contributed by atoms with Crippen LogP contribution in [0.5, 0.6) is 5.75 Å². The highest BCUT2D eigenvalue weighted by Crippen LogP contribution is 2.27. The smallest absolute Gasteiger partial charge is 0.329 e. The summed E-state index contributed by atoms with van der Waals surface area (Å²) in [5, 5.41) is 9.82. The second-order valence-electron chi connectivity index (χ2n) is 6.34. The van der Waals surface area contributed by atoms with Gasteiger partial charge in [-0.2, -0.15) is 4.98 Å². The van der Waals surface area contributed by atoms with Crippen molar-refractivity contribution in [3.8, 4) is 17.0 Å². The van der Waals surface area contributed by atoms with Gasteiger partial charge in [0.05, 0.1) is 5.69 Å². The number of hydrogen-bond acceptors (Lipinski definition) is 4. The number of nitrogens with one attached hydrogen (secondary N) is 1. The Hall–Kier alpha value is -3.29. The molecule has 1 aromatic carbocycles. The summed E-state index contributed by atoms with van der Waals surface area (Å²) in [7, 11) is 1.58. The zero-order valence-electron chi connectivity index (χ0n) is 14.6. The van der Waals surface area contributed by atoms with Crippen molar-refractivity contribution in [3.05, 3.63) is 51.3 Å². The predicted molar refractivity (Wildman–Crippen MR) is 98.6 cm³/mol. The van der Waals surface area contributed by atoms with Gasteiger partial charge >= 0.3 is 5.69 Å². The van der Waals surface area contributed by atoms with Crippen molar-refractivity contribution >= 4 is 16.9 Å². The summed E-state index contributed by atoms with van der Waals surface area (Å²) >= 11 is 0. The molecule has 2 N–H and O–H groups in total. The monoisotopic (exact) mass is 353 g/mol. The summed E-state index contributed by atoms with van der Waals surface area (Å²) in [6.45, 7) is 2.82. The molecule has 0 aliphatic heterocycles. The minimum absolute atomic E-state index is 0.175. The molecule has 0 saturated heterocycles. The Labute approximate surface area is 148 Å². The molecule has 0 unspecified atom stereocenters. The number of aromatic hydroxyl groups is 1. The Kier molecular flexibility index (Phi) is 3.68. The Balaban J connectivity index is 2.09. The van der Waals surface area contributed by atoms with Gasteiger partial charge in [0.1, 0.15) is 5.75 Å². The largest absolute Gasteiger partial charge is 0.508 e. The third kappa shape index (κ3) is 2.33. The van der Waals surface area contributed by atoms with Gasteiger partial charge in [-0.05, 0) is 18.6 Å². The van der Waals surface area contributed by atoms with E-state index in [1.165, 1.54) is 4.57 Å². The first kappa shape index (κ1) is 16.2. The molecule has 3 aromatic heterocycles. The van der Waals surface area contributed by atoms with E-state index in [0.717, 1.165) is 24.1 Å². The molecular weight excluding hydrogens is 334 g/mol. The number of hydrogen-bond donors (Lipinski definition) is 2. The van der Waals surface area contributed by atoms with E-state index in [1.807, 2.05) is 16.8 Å². The number of aryl methyl sites for hydroxylation is 2. The van der Waals surface area contributed by atoms with E-state index in [0.29, 0.717) is 23.5 Å². The van der Waals surface area contributed by atoms with Crippen molar-refractivity contribution in [2.75, 3.05) is 0 Å². The van der Waals surface area contributed by atoms with Crippen molar-refractivity contribution in [1.82, 2.24) is 23.5 Å². The number of aromatic amines is 1. The van der Waals surface area contributed by atoms with Gasteiger partial charge < -0.3 is 9.67 Å². The quantitative estimate of drug-likeness (QED) is 0.585. The number of unbranched alkanes of at least 4 members (excludes halogenated alkanes) is 1. The third-order valence-electron chi connectivity index (χ3n) is 4.59. The lowest BCUT2D eigenvalue weighted by Crippen LogP contribution is -2.28. The minimum atomic E-state index is -0.489. The molecular formula is C18H19N5O3. The minimum Gasteiger partial charge on any atom is -0.508 e. The highest BCUT2D eigenvalue weighted by molar-refractivity contribution is 5.78. The van der Waals surface area contributed by atoms with Crippen LogP contribution in [-0.2, 0) is 13.6 Å². The number of benzene rings is 1. The fraction of sp³-hybridized carbons (Fsp3) is 0.278. The molecule has 0 fully saturated rings. The van der Waals surface area contributed by atoms with E-state index in [-0.39, 0.29) is 5.75 Å². The summed E-state index contributed by atoms with van der Waals surface area (Å²) in [5.41, 5.74) is 1.41. The molecule has 8 nitrogen and oxygen atoms in total. The lowest BCUT2D eigenvalue weighted by Gasteiger charge is -2.08. The van der Waals surface area contributed by atoms with E-state index in [9.17, 15) is 14.7 Å². The van der Waals surface area contributed by atoms with E-state index < -0.39 is 11.2 Å². The van der Waals surface area contributed by atoms with Crippen LogP contribution in [-0.4, -0.2) is 28.6 Å². The lowest BCUT2D eigenvalue weighted by atomic mass is 10.1. The summed E-state index contributed by atoms with van der Waals surface area (Å²) in [6.07, 6.45) is 3.77. The van der Waals surface area contributed by atoms with Crippen LogP contribution >= 0.6 is 0 Å². The Morgan fingerprint density at radius 2 is 2.08 bits per heavy atom. The first-order chi connectivity index (χ1) is 12.5. The van der Waals surface area contributed by atoms with Crippen molar-refractivity contribution < 1.29 is 5.11 Å². The number of phenols is 1. The summed E-state index contributed by atoms with van der Waals surface area (Å²) < 4.78 is 5.06. The van der Waals surface area contributed by atoms with Crippen molar-refractivity contribution in [2.24, 2.45) is 7.05 Å². The molecule has 0 bridgehead atoms. The zero-order valence-corrected chi connectivity index (χ0v) is 14.6. The maximum atomic E-state index is 12.4. The standard InChI is InChI=1S/C18H19N5O3/c1-3-4-8-22-13(11-6-5-7-12(24)9-11)10-23-14-15(19-17(22)23)21(2)18(26)20-16(14)25/h5-7,9-10,24H,3-4,8H2,1-2H3,(H,20,25,26). The van der Waals surface area contributed by atoms with Gasteiger partial charge in [-0.25, -0.2) is 4.79 Å². The van der Waals surface area contributed by atoms with Crippen LogP contribution in [0.2, 0.25) is 0 Å². The maximum Gasteiger partial charge on any atom is 0.329 e. The van der Waals surface area contributed by atoms with Crippen LogP contribution in [0.25, 0.3) is 28.2 Å². The number of fused-ring (bicyclic) bond motifs is 3. The van der Waals surface area contributed by atoms with E-state index in [1.54, 1.807) is 29.6 Å². The van der Waals surface area contributed by atoms with E-state index in [4.69, 9.17) is 0 Å². The molecule has 26 heavy (non-hydrogen) atoms. The first-order valence-corrected chi connectivity index (χ1v) is 8.51. The second kappa shape index (κ2) is 5.91. The van der Waals surface area contributed by atoms with Gasteiger partial charge in [0.25, 0.3) is 5.56 Å². The van der Waals surface area contributed by atoms with Gasteiger partial charge in [-0.15, -0.1) is 0 Å². The normalized spacial score (nSPS) is 11.6. The van der Waals surface area contributed by atoms with E-state index in [2.05, 4.69) is 16.9 Å². The summed E-state index contributed by atoms with van der Waals surface area (Å²) in [5.74, 6) is 0.770. The number of imidazole rings is 2. The number of aromatic nitrogens is 5. The van der Waals surface area contributed by atoms with Crippen LogP contribution in [0.4, 0.5) is 0 Å². The first-order valence-electron chi connectivity index (χ1n) is 8.51. The van der Waals surface area contributed by atoms with Gasteiger partial charge in [-0.3, -0.25) is 18.7 Å². The molecule has 8 heteroatoms. The number of nitrogens with zero attached hydrogens (tertiary/aromatic N) is 4. The van der Waals surface area contributed by atoms with Crippen molar-refractivity contribution in [1.29, 1.82) is 0 Å². The molecule has 0 aliphatic carbocycles. The molecule has 4 rings (SSSR count). The second-order valence-corrected chi connectivity index (χ2v) is 6.34. The number of rotatable bonds is 4. The molecule has 0 radical (unpaired) electrons. The number of phenolic OH excluding ortho intramolecular Hbond substituents is 1. The Bertz CT molecular complexity index is 1240. The van der Waals surface area contributed by atoms with Crippen molar-refractivity contribution in [3.63, 3.8) is 0 Å².